The molecular formula is C20H20N4O. The van der Waals surface area contributed by atoms with Crippen LogP contribution in [0.5, 0.6) is 0 Å². The van der Waals surface area contributed by atoms with E-state index in [9.17, 15) is 4.79 Å². The Bertz CT molecular complexity index is 938. The fourth-order valence-electron chi connectivity index (χ4n) is 3.31. The number of aromatic nitrogens is 2. The summed E-state index contributed by atoms with van der Waals surface area (Å²) in [6.07, 6.45) is 2.52. The molecule has 5 nitrogen and oxygen atoms in total. The number of nitrogens with zero attached hydrogens (tertiary/aromatic N) is 4. The van der Waals surface area contributed by atoms with E-state index >= 15 is 0 Å². The Labute approximate surface area is 146 Å². The van der Waals surface area contributed by atoms with Gasteiger partial charge in [0, 0.05) is 18.3 Å². The number of hydrogen-bond donors (Lipinski definition) is 0. The van der Waals surface area contributed by atoms with Gasteiger partial charge in [-0.25, -0.2) is 4.98 Å². The van der Waals surface area contributed by atoms with Gasteiger partial charge in [0.15, 0.2) is 0 Å². The van der Waals surface area contributed by atoms with Crippen molar-refractivity contribution in [2.45, 2.75) is 12.5 Å². The molecule has 5 heteroatoms. The second-order valence-corrected chi connectivity index (χ2v) is 6.61. The Morgan fingerprint density at radius 2 is 1.80 bits per heavy atom. The van der Waals surface area contributed by atoms with E-state index in [0.29, 0.717) is 12.2 Å². The molecule has 0 radical (unpaired) electrons. The number of rotatable bonds is 2. The third-order valence-corrected chi connectivity index (χ3v) is 4.77. The third kappa shape index (κ3) is 2.87. The predicted molar refractivity (Wildman–Crippen MR) is 98.8 cm³/mol. The molecule has 0 aliphatic carbocycles. The average Bonchev–Trinajstić information content (AvgIpc) is 2.66. The third-order valence-electron chi connectivity index (χ3n) is 4.77. The highest BCUT2D eigenvalue weighted by atomic mass is 16.2. The van der Waals surface area contributed by atoms with Crippen molar-refractivity contribution in [2.24, 2.45) is 0 Å². The van der Waals surface area contributed by atoms with Gasteiger partial charge < -0.3 is 9.80 Å². The van der Waals surface area contributed by atoms with Crippen LogP contribution in [0.4, 0.5) is 5.69 Å². The van der Waals surface area contributed by atoms with E-state index in [1.54, 1.807) is 6.20 Å². The fourth-order valence-corrected chi connectivity index (χ4v) is 3.31. The molecule has 1 aromatic heterocycles. The van der Waals surface area contributed by atoms with Crippen molar-refractivity contribution in [3.63, 3.8) is 0 Å². The van der Waals surface area contributed by atoms with Gasteiger partial charge in [0.1, 0.15) is 5.69 Å². The lowest BCUT2D eigenvalue weighted by molar-refractivity contribution is 0.0971. The SMILES string of the molecule is CN(C)[C@@H]1Cc2ccccc2N(C(=O)c2cnc3ccccc3n2)C1. The molecule has 0 fully saturated rings. The minimum absolute atomic E-state index is 0.0998. The topological polar surface area (TPSA) is 49.3 Å². The highest BCUT2D eigenvalue weighted by molar-refractivity contribution is 6.06. The van der Waals surface area contributed by atoms with Gasteiger partial charge in [0.2, 0.25) is 0 Å². The van der Waals surface area contributed by atoms with Crippen LogP contribution < -0.4 is 4.90 Å². The predicted octanol–water partition coefficient (Wildman–Crippen LogP) is 2.76. The second-order valence-electron chi connectivity index (χ2n) is 6.61. The Balaban J connectivity index is 1.74. The minimum atomic E-state index is -0.0998. The lowest BCUT2D eigenvalue weighted by atomic mass is 9.97. The van der Waals surface area contributed by atoms with Gasteiger partial charge in [-0.15, -0.1) is 0 Å². The summed E-state index contributed by atoms with van der Waals surface area (Å²) in [4.78, 5) is 26.1. The quantitative estimate of drug-likeness (QED) is 0.724. The molecular weight excluding hydrogens is 312 g/mol. The molecule has 1 aliphatic rings. The van der Waals surface area contributed by atoms with Gasteiger partial charge in [-0.05, 0) is 44.3 Å². The van der Waals surface area contributed by atoms with Crippen molar-refractivity contribution in [3.8, 4) is 0 Å². The Morgan fingerprint density at radius 3 is 2.60 bits per heavy atom. The number of carbonyl (C=O) groups excluding carboxylic acids is 1. The number of fused-ring (bicyclic) bond motifs is 2. The van der Waals surface area contributed by atoms with E-state index in [1.807, 2.05) is 47.4 Å². The number of anilines is 1. The van der Waals surface area contributed by atoms with Crippen molar-refractivity contribution in [1.82, 2.24) is 14.9 Å². The normalized spacial score (nSPS) is 16.9. The summed E-state index contributed by atoms with van der Waals surface area (Å²) in [5.41, 5.74) is 4.08. The number of hydrogen-bond acceptors (Lipinski definition) is 4. The van der Waals surface area contributed by atoms with Gasteiger partial charge in [-0.1, -0.05) is 30.3 Å². The van der Waals surface area contributed by atoms with Crippen molar-refractivity contribution in [2.75, 3.05) is 25.5 Å². The summed E-state index contributed by atoms with van der Waals surface area (Å²) in [6, 6.07) is 16.0. The number of amides is 1. The molecule has 126 valence electrons. The van der Waals surface area contributed by atoms with Gasteiger partial charge >= 0.3 is 0 Å². The highest BCUT2D eigenvalue weighted by Crippen LogP contribution is 2.29. The molecule has 1 aliphatic heterocycles. The molecule has 2 heterocycles. The molecule has 0 N–H and O–H groups in total. The summed E-state index contributed by atoms with van der Waals surface area (Å²) in [7, 11) is 4.11. The van der Waals surface area contributed by atoms with Crippen molar-refractivity contribution in [3.05, 3.63) is 66.0 Å². The van der Waals surface area contributed by atoms with E-state index in [2.05, 4.69) is 35.0 Å². The summed E-state index contributed by atoms with van der Waals surface area (Å²) >= 11 is 0. The van der Waals surface area contributed by atoms with Gasteiger partial charge in [-0.2, -0.15) is 0 Å². The highest BCUT2D eigenvalue weighted by Gasteiger charge is 2.30. The van der Waals surface area contributed by atoms with Crippen LogP contribution >= 0.6 is 0 Å². The number of para-hydroxylation sites is 3. The van der Waals surface area contributed by atoms with Gasteiger partial charge in [0.05, 0.1) is 17.2 Å². The molecule has 3 aromatic rings. The number of benzene rings is 2. The number of likely N-dealkylation sites (N-methyl/N-ethyl adjacent to an activating group) is 1. The largest absolute Gasteiger partial charge is 0.305 e. The maximum atomic E-state index is 13.2. The van der Waals surface area contributed by atoms with Crippen LogP contribution in [-0.4, -0.2) is 47.5 Å². The van der Waals surface area contributed by atoms with Crippen LogP contribution in [0.3, 0.4) is 0 Å². The smallest absolute Gasteiger partial charge is 0.278 e. The van der Waals surface area contributed by atoms with Crippen LogP contribution in [0.25, 0.3) is 11.0 Å². The zero-order valence-corrected chi connectivity index (χ0v) is 14.4. The molecule has 2 aromatic carbocycles. The lowest BCUT2D eigenvalue weighted by Gasteiger charge is -2.37. The standard InChI is InChI=1S/C20H20N4O/c1-23(2)15-11-14-7-3-6-10-19(14)24(13-15)20(25)18-12-21-16-8-4-5-9-17(16)22-18/h3-10,12,15H,11,13H2,1-2H3/t15-/m1/s1. The first-order valence-corrected chi connectivity index (χ1v) is 8.41. The fraction of sp³-hybridized carbons (Fsp3) is 0.250. The Morgan fingerprint density at radius 1 is 1.08 bits per heavy atom. The van der Waals surface area contributed by atoms with Crippen LogP contribution in [0, 0.1) is 0 Å². The summed E-state index contributed by atoms with van der Waals surface area (Å²) in [6.45, 7) is 0.650. The molecule has 4 rings (SSSR count). The van der Waals surface area contributed by atoms with Crippen LogP contribution in [0.15, 0.2) is 54.7 Å². The molecule has 0 spiro atoms. The Kier molecular flexibility index (Phi) is 3.93. The van der Waals surface area contributed by atoms with E-state index in [4.69, 9.17) is 0 Å². The van der Waals surface area contributed by atoms with Crippen LogP contribution in [-0.2, 0) is 6.42 Å². The zero-order valence-electron chi connectivity index (χ0n) is 14.4. The summed E-state index contributed by atoms with van der Waals surface area (Å²) in [5.74, 6) is -0.0998. The second kappa shape index (κ2) is 6.26. The molecule has 0 saturated carbocycles. The maximum absolute atomic E-state index is 13.2. The molecule has 0 saturated heterocycles. The van der Waals surface area contributed by atoms with Crippen LogP contribution in [0.2, 0.25) is 0 Å². The zero-order chi connectivity index (χ0) is 17.4. The van der Waals surface area contributed by atoms with Crippen molar-refractivity contribution < 1.29 is 4.79 Å². The van der Waals surface area contributed by atoms with E-state index in [1.165, 1.54) is 5.56 Å². The van der Waals surface area contributed by atoms with Gasteiger partial charge in [-0.3, -0.25) is 9.78 Å². The van der Waals surface area contributed by atoms with E-state index in [0.717, 1.165) is 23.1 Å². The van der Waals surface area contributed by atoms with Crippen molar-refractivity contribution >= 4 is 22.6 Å². The number of carbonyl (C=O) groups is 1. The van der Waals surface area contributed by atoms with E-state index in [-0.39, 0.29) is 11.9 Å². The first-order chi connectivity index (χ1) is 12.1. The molecule has 0 unspecified atom stereocenters. The molecule has 25 heavy (non-hydrogen) atoms. The first kappa shape index (κ1) is 15.7. The average molecular weight is 332 g/mol. The molecule has 0 bridgehead atoms. The molecule has 1 atom stereocenters. The van der Waals surface area contributed by atoms with Crippen molar-refractivity contribution in [1.29, 1.82) is 0 Å². The Hall–Kier alpha value is -2.79. The summed E-state index contributed by atoms with van der Waals surface area (Å²) < 4.78 is 0. The first-order valence-electron chi connectivity index (χ1n) is 8.41. The van der Waals surface area contributed by atoms with Gasteiger partial charge in [0.25, 0.3) is 5.91 Å². The monoisotopic (exact) mass is 332 g/mol. The van der Waals surface area contributed by atoms with E-state index < -0.39 is 0 Å². The lowest BCUT2D eigenvalue weighted by Crippen LogP contribution is -2.48. The summed E-state index contributed by atoms with van der Waals surface area (Å²) in [5, 5.41) is 0. The minimum Gasteiger partial charge on any atom is -0.305 e. The maximum Gasteiger partial charge on any atom is 0.278 e. The molecule has 1 amide bonds. The van der Waals surface area contributed by atoms with Crippen LogP contribution in [0.1, 0.15) is 16.1 Å².